The molecule has 0 saturated heterocycles. The molecule has 1 aromatic carbocycles. The minimum absolute atomic E-state index is 0.205. The van der Waals surface area contributed by atoms with Gasteiger partial charge >= 0.3 is 0 Å². The number of anilines is 1. The summed E-state index contributed by atoms with van der Waals surface area (Å²) in [5.74, 6) is 0.424. The van der Waals surface area contributed by atoms with Crippen molar-refractivity contribution in [3.8, 4) is 0 Å². The molecule has 0 bridgehead atoms. The number of nitrogens with zero attached hydrogens (tertiary/aromatic N) is 6. The lowest BCUT2D eigenvalue weighted by Gasteiger charge is -2.07. The molecule has 4 rings (SSSR count). The molecule has 0 aliphatic heterocycles. The number of aryl methyl sites for hydroxylation is 1. The lowest BCUT2D eigenvalue weighted by Crippen LogP contribution is -2.13. The number of aromatic nitrogens is 7. The van der Waals surface area contributed by atoms with E-state index in [1.54, 1.807) is 22.7 Å². The van der Waals surface area contributed by atoms with Gasteiger partial charge < -0.3 is 5.32 Å². The second kappa shape index (κ2) is 6.19. The highest BCUT2D eigenvalue weighted by Crippen LogP contribution is 2.10. The summed E-state index contributed by atoms with van der Waals surface area (Å²) >= 11 is 0. The first-order valence-corrected chi connectivity index (χ1v) is 7.75. The number of rotatable bonds is 5. The molecule has 0 aliphatic rings. The van der Waals surface area contributed by atoms with Crippen LogP contribution in [0.2, 0.25) is 0 Å². The maximum absolute atomic E-state index is 12.0. The molecule has 0 radical (unpaired) electrons. The van der Waals surface area contributed by atoms with Crippen molar-refractivity contribution in [2.75, 3.05) is 5.32 Å². The number of benzene rings is 1. The lowest BCUT2D eigenvalue weighted by molar-refractivity contribution is 0.684. The smallest absolute Gasteiger partial charge is 0.263 e. The quantitative estimate of drug-likeness (QED) is 0.561. The van der Waals surface area contributed by atoms with E-state index < -0.39 is 0 Å². The maximum atomic E-state index is 12.0. The molecule has 2 N–H and O–H groups in total. The molecule has 0 unspecified atom stereocenters. The van der Waals surface area contributed by atoms with E-state index in [1.165, 1.54) is 12.5 Å². The number of H-pyrrole nitrogens is 1. The third kappa shape index (κ3) is 3.11. The van der Waals surface area contributed by atoms with E-state index in [-0.39, 0.29) is 5.56 Å². The summed E-state index contributed by atoms with van der Waals surface area (Å²) < 4.78 is 3.35. The van der Waals surface area contributed by atoms with Gasteiger partial charge in [0.1, 0.15) is 18.0 Å². The predicted molar refractivity (Wildman–Crippen MR) is 92.0 cm³/mol. The third-order valence-electron chi connectivity index (χ3n) is 3.90. The molecule has 0 spiro atoms. The van der Waals surface area contributed by atoms with E-state index in [0.29, 0.717) is 30.1 Å². The van der Waals surface area contributed by atoms with Crippen molar-refractivity contribution in [2.45, 2.75) is 13.1 Å². The molecule has 0 saturated carbocycles. The van der Waals surface area contributed by atoms with E-state index in [0.717, 1.165) is 11.1 Å². The van der Waals surface area contributed by atoms with E-state index in [2.05, 4.69) is 30.5 Å². The summed E-state index contributed by atoms with van der Waals surface area (Å²) in [6.07, 6.45) is 4.72. The Kier molecular flexibility index (Phi) is 3.73. The van der Waals surface area contributed by atoms with E-state index in [4.69, 9.17) is 0 Å². The van der Waals surface area contributed by atoms with Crippen molar-refractivity contribution >= 4 is 17.0 Å². The fraction of sp³-hybridized carbons (Fsp3) is 0.188. The van der Waals surface area contributed by atoms with Gasteiger partial charge in [-0.2, -0.15) is 15.2 Å². The number of hydrogen-bond acceptors (Lipinski definition) is 6. The van der Waals surface area contributed by atoms with Crippen LogP contribution in [-0.4, -0.2) is 34.5 Å². The van der Waals surface area contributed by atoms with Crippen molar-refractivity contribution < 1.29 is 0 Å². The van der Waals surface area contributed by atoms with Gasteiger partial charge in [-0.25, -0.2) is 9.67 Å². The average molecular weight is 336 g/mol. The Labute approximate surface area is 142 Å². The lowest BCUT2D eigenvalue weighted by atomic mass is 10.1. The second-order valence-electron chi connectivity index (χ2n) is 5.68. The molecule has 4 aromatic rings. The van der Waals surface area contributed by atoms with Gasteiger partial charge in [-0.1, -0.05) is 24.3 Å². The van der Waals surface area contributed by atoms with Gasteiger partial charge in [-0.3, -0.25) is 14.5 Å². The van der Waals surface area contributed by atoms with Gasteiger partial charge in [0.05, 0.1) is 12.7 Å². The van der Waals surface area contributed by atoms with Crippen LogP contribution in [0.25, 0.3) is 11.0 Å². The summed E-state index contributed by atoms with van der Waals surface area (Å²) in [5, 5.41) is 11.8. The fourth-order valence-electron chi connectivity index (χ4n) is 2.57. The molecule has 0 fully saturated rings. The van der Waals surface area contributed by atoms with Crippen LogP contribution in [0.3, 0.4) is 0 Å². The van der Waals surface area contributed by atoms with Crippen LogP contribution in [0.5, 0.6) is 0 Å². The fourth-order valence-corrected chi connectivity index (χ4v) is 2.57. The Bertz CT molecular complexity index is 1050. The molecule has 25 heavy (non-hydrogen) atoms. The largest absolute Gasteiger partial charge is 0.352 e. The molecule has 3 heterocycles. The first kappa shape index (κ1) is 15.1. The zero-order valence-electron chi connectivity index (χ0n) is 13.5. The molecule has 0 atom stereocenters. The molecular weight excluding hydrogens is 320 g/mol. The predicted octanol–water partition coefficient (Wildman–Crippen LogP) is 0.908. The highest BCUT2D eigenvalue weighted by atomic mass is 16.1. The Balaban J connectivity index is 1.46. The Morgan fingerprint density at radius 3 is 2.72 bits per heavy atom. The van der Waals surface area contributed by atoms with Gasteiger partial charge in [0.2, 0.25) is 5.95 Å². The normalized spacial score (nSPS) is 11.1. The molecule has 3 aromatic heterocycles. The van der Waals surface area contributed by atoms with Gasteiger partial charge in [-0.15, -0.1) is 0 Å². The van der Waals surface area contributed by atoms with E-state index in [9.17, 15) is 4.79 Å². The minimum Gasteiger partial charge on any atom is -0.352 e. The summed E-state index contributed by atoms with van der Waals surface area (Å²) in [4.78, 5) is 23.1. The number of nitrogens with one attached hydrogen (secondary N) is 2. The third-order valence-corrected chi connectivity index (χ3v) is 3.90. The van der Waals surface area contributed by atoms with Gasteiger partial charge in [0.15, 0.2) is 5.65 Å². The molecule has 9 heteroatoms. The summed E-state index contributed by atoms with van der Waals surface area (Å²) in [6.45, 7) is 1.23. The highest BCUT2D eigenvalue weighted by molar-refractivity contribution is 5.74. The Hall–Kier alpha value is -3.49. The van der Waals surface area contributed by atoms with Crippen LogP contribution in [0.4, 0.5) is 5.95 Å². The van der Waals surface area contributed by atoms with Crippen LogP contribution < -0.4 is 10.9 Å². The monoisotopic (exact) mass is 336 g/mol. The topological polar surface area (TPSA) is 106 Å². The highest BCUT2D eigenvalue weighted by Gasteiger charge is 2.07. The van der Waals surface area contributed by atoms with Crippen molar-refractivity contribution in [1.82, 2.24) is 34.5 Å². The van der Waals surface area contributed by atoms with E-state index >= 15 is 0 Å². The molecule has 0 amide bonds. The van der Waals surface area contributed by atoms with Crippen LogP contribution in [0, 0.1) is 0 Å². The van der Waals surface area contributed by atoms with Crippen molar-refractivity contribution in [3.63, 3.8) is 0 Å². The van der Waals surface area contributed by atoms with E-state index in [1.807, 2.05) is 24.3 Å². The first-order chi connectivity index (χ1) is 12.2. The van der Waals surface area contributed by atoms with Crippen LogP contribution in [0.1, 0.15) is 11.1 Å². The van der Waals surface area contributed by atoms with Gasteiger partial charge in [0, 0.05) is 13.6 Å². The molecule has 126 valence electrons. The SMILES string of the molecule is Cn1ncc2c(=O)[nH]c(NCc3ccc(Cn4cncn4)cc3)nc21. The Morgan fingerprint density at radius 1 is 1.16 bits per heavy atom. The standard InChI is InChI=1S/C16H16N8O/c1-23-14-13(7-19-23)15(25)22-16(21-14)18-6-11-2-4-12(5-3-11)8-24-10-17-9-20-24/h2-5,7,9-10H,6,8H2,1H3,(H2,18,21,22,25). The van der Waals surface area contributed by atoms with Crippen LogP contribution in [0.15, 0.2) is 47.9 Å². The zero-order chi connectivity index (χ0) is 17.2. The van der Waals surface area contributed by atoms with Crippen LogP contribution >= 0.6 is 0 Å². The van der Waals surface area contributed by atoms with Crippen LogP contribution in [-0.2, 0) is 20.1 Å². The minimum atomic E-state index is -0.205. The summed E-state index contributed by atoms with van der Waals surface area (Å²) in [7, 11) is 1.76. The Morgan fingerprint density at radius 2 is 1.96 bits per heavy atom. The average Bonchev–Trinajstić information content (AvgIpc) is 3.25. The van der Waals surface area contributed by atoms with Crippen molar-refractivity contribution in [2.24, 2.45) is 7.05 Å². The molecule has 0 aliphatic carbocycles. The zero-order valence-corrected chi connectivity index (χ0v) is 13.5. The first-order valence-electron chi connectivity index (χ1n) is 7.75. The number of fused-ring (bicyclic) bond motifs is 1. The van der Waals surface area contributed by atoms with Crippen molar-refractivity contribution in [3.05, 3.63) is 64.6 Å². The number of aromatic amines is 1. The van der Waals surface area contributed by atoms with Gasteiger partial charge in [0.25, 0.3) is 5.56 Å². The second-order valence-corrected chi connectivity index (χ2v) is 5.68. The summed E-state index contributed by atoms with van der Waals surface area (Å²) in [5.41, 5.74) is 2.56. The maximum Gasteiger partial charge on any atom is 0.263 e. The summed E-state index contributed by atoms with van der Waals surface area (Å²) in [6, 6.07) is 8.14. The van der Waals surface area contributed by atoms with Gasteiger partial charge in [-0.05, 0) is 11.1 Å². The number of hydrogen-bond donors (Lipinski definition) is 2. The molecule has 9 nitrogen and oxygen atoms in total. The van der Waals surface area contributed by atoms with Crippen molar-refractivity contribution in [1.29, 1.82) is 0 Å². The molecular formula is C16H16N8O.